The van der Waals surface area contributed by atoms with Crippen LogP contribution < -0.4 is 9.64 Å². The molecule has 6 heteroatoms. The van der Waals surface area contributed by atoms with Crippen LogP contribution in [-0.4, -0.2) is 25.1 Å². The van der Waals surface area contributed by atoms with E-state index in [4.69, 9.17) is 9.47 Å². The van der Waals surface area contributed by atoms with E-state index < -0.39 is 12.1 Å². The van der Waals surface area contributed by atoms with Crippen LogP contribution in [-0.2, 0) is 14.3 Å². The monoisotopic (exact) mass is 317 g/mol. The zero-order valence-electron chi connectivity index (χ0n) is 12.2. The first-order valence-corrected chi connectivity index (χ1v) is 7.67. The van der Waals surface area contributed by atoms with E-state index >= 15 is 0 Å². The van der Waals surface area contributed by atoms with Gasteiger partial charge in [0.15, 0.2) is 0 Å². The van der Waals surface area contributed by atoms with E-state index in [1.54, 1.807) is 24.1 Å². The van der Waals surface area contributed by atoms with Crippen LogP contribution in [0.5, 0.6) is 5.75 Å². The number of carbonyl (C=O) groups is 2. The lowest BCUT2D eigenvalue weighted by Crippen LogP contribution is -2.60. The van der Waals surface area contributed by atoms with Crippen molar-refractivity contribution in [1.82, 2.24) is 0 Å². The molecule has 1 aliphatic rings. The Balaban J connectivity index is 1.91. The first kappa shape index (κ1) is 14.6. The molecule has 0 bridgehead atoms. The van der Waals surface area contributed by atoms with Gasteiger partial charge in [0.2, 0.25) is 6.10 Å². The predicted molar refractivity (Wildman–Crippen MR) is 83.1 cm³/mol. The number of thiophene rings is 1. The smallest absolute Gasteiger partial charge is 0.303 e. The Morgan fingerprint density at radius 1 is 1.23 bits per heavy atom. The highest BCUT2D eigenvalue weighted by Gasteiger charge is 2.51. The highest BCUT2D eigenvalue weighted by Crippen LogP contribution is 2.42. The van der Waals surface area contributed by atoms with Gasteiger partial charge in [-0.15, -0.1) is 11.3 Å². The van der Waals surface area contributed by atoms with E-state index in [9.17, 15) is 9.59 Å². The molecule has 1 aromatic heterocycles. The maximum absolute atomic E-state index is 12.4. The van der Waals surface area contributed by atoms with Crippen molar-refractivity contribution in [2.45, 2.75) is 19.1 Å². The number of ether oxygens (including phenoxy) is 2. The number of rotatable bonds is 4. The molecule has 0 aliphatic carbocycles. The van der Waals surface area contributed by atoms with E-state index in [2.05, 4.69) is 0 Å². The van der Waals surface area contributed by atoms with Crippen molar-refractivity contribution in [2.75, 3.05) is 12.0 Å². The summed E-state index contributed by atoms with van der Waals surface area (Å²) in [5.74, 6) is 0.0639. The van der Waals surface area contributed by atoms with Gasteiger partial charge in [-0.25, -0.2) is 0 Å². The van der Waals surface area contributed by atoms with E-state index in [1.165, 1.54) is 18.3 Å². The molecular weight excluding hydrogens is 302 g/mol. The van der Waals surface area contributed by atoms with Crippen molar-refractivity contribution in [3.05, 3.63) is 46.7 Å². The summed E-state index contributed by atoms with van der Waals surface area (Å²) in [6, 6.07) is 10.8. The van der Waals surface area contributed by atoms with Gasteiger partial charge in [-0.1, -0.05) is 6.07 Å². The number of nitrogens with zero attached hydrogens (tertiary/aromatic N) is 1. The summed E-state index contributed by atoms with van der Waals surface area (Å²) in [5.41, 5.74) is 0.757. The fourth-order valence-corrected chi connectivity index (χ4v) is 3.36. The molecule has 1 amide bonds. The molecule has 114 valence electrons. The van der Waals surface area contributed by atoms with E-state index in [0.717, 1.165) is 16.3 Å². The molecule has 3 rings (SSSR count). The summed E-state index contributed by atoms with van der Waals surface area (Å²) >= 11 is 1.54. The number of carbonyl (C=O) groups excluding carboxylic acids is 2. The van der Waals surface area contributed by atoms with Crippen molar-refractivity contribution in [3.8, 4) is 5.75 Å². The standard InChI is InChI=1S/C16H15NO4S/c1-10(18)21-15-14(13-4-3-9-22-13)17(16(15)19)11-5-7-12(20-2)8-6-11/h3-9,14-15H,1-2H3/t14-,15+/m0/s1. The van der Waals surface area contributed by atoms with Gasteiger partial charge >= 0.3 is 5.97 Å². The molecule has 1 fully saturated rings. The first-order chi connectivity index (χ1) is 10.6. The molecule has 0 N–H and O–H groups in total. The summed E-state index contributed by atoms with van der Waals surface area (Å²) in [5, 5.41) is 1.94. The summed E-state index contributed by atoms with van der Waals surface area (Å²) < 4.78 is 10.3. The molecule has 5 nitrogen and oxygen atoms in total. The van der Waals surface area contributed by atoms with Crippen LogP contribution in [0.15, 0.2) is 41.8 Å². The van der Waals surface area contributed by atoms with Gasteiger partial charge in [0.1, 0.15) is 11.8 Å². The average Bonchev–Trinajstić information content (AvgIpc) is 3.03. The third kappa shape index (κ3) is 2.46. The van der Waals surface area contributed by atoms with Gasteiger partial charge < -0.3 is 9.47 Å². The molecule has 0 saturated carbocycles. The summed E-state index contributed by atoms with van der Waals surface area (Å²) in [6.07, 6.45) is -0.752. The Hall–Kier alpha value is -2.34. The van der Waals surface area contributed by atoms with E-state index in [0.29, 0.717) is 0 Å². The van der Waals surface area contributed by atoms with Crippen LogP contribution in [0.4, 0.5) is 5.69 Å². The Kier molecular flexibility index (Phi) is 3.85. The van der Waals surface area contributed by atoms with Crippen molar-refractivity contribution >= 4 is 28.9 Å². The second kappa shape index (κ2) is 5.81. The number of hydrogen-bond donors (Lipinski definition) is 0. The third-order valence-electron chi connectivity index (χ3n) is 3.52. The Morgan fingerprint density at radius 2 is 1.95 bits per heavy atom. The largest absolute Gasteiger partial charge is 0.497 e. The molecule has 2 aromatic rings. The Bertz CT molecular complexity index is 681. The lowest BCUT2D eigenvalue weighted by atomic mass is 9.95. The number of methoxy groups -OCH3 is 1. The Labute approximate surface area is 132 Å². The molecule has 1 saturated heterocycles. The molecule has 1 aromatic carbocycles. The van der Waals surface area contributed by atoms with Crippen molar-refractivity contribution < 1.29 is 19.1 Å². The SMILES string of the molecule is COc1ccc(N2C(=O)[C@H](OC(C)=O)[C@@H]2c2cccs2)cc1. The normalized spacial score (nSPS) is 20.5. The molecule has 22 heavy (non-hydrogen) atoms. The summed E-state index contributed by atoms with van der Waals surface area (Å²) in [4.78, 5) is 26.2. The zero-order valence-corrected chi connectivity index (χ0v) is 13.0. The number of amides is 1. The van der Waals surface area contributed by atoms with Crippen molar-refractivity contribution in [3.63, 3.8) is 0 Å². The second-order valence-electron chi connectivity index (χ2n) is 4.90. The number of benzene rings is 1. The van der Waals surface area contributed by atoms with Crippen LogP contribution >= 0.6 is 11.3 Å². The predicted octanol–water partition coefficient (Wildman–Crippen LogP) is 2.78. The first-order valence-electron chi connectivity index (χ1n) is 6.79. The Morgan fingerprint density at radius 3 is 2.50 bits per heavy atom. The maximum atomic E-state index is 12.4. The molecule has 2 atom stereocenters. The van der Waals surface area contributed by atoms with E-state index in [-0.39, 0.29) is 11.9 Å². The van der Waals surface area contributed by atoms with E-state index in [1.807, 2.05) is 29.6 Å². The molecule has 1 aliphatic heterocycles. The highest BCUT2D eigenvalue weighted by atomic mass is 32.1. The summed E-state index contributed by atoms with van der Waals surface area (Å²) in [7, 11) is 1.59. The van der Waals surface area contributed by atoms with Crippen LogP contribution in [0.25, 0.3) is 0 Å². The number of β-lactam (4-membered cyclic amide) rings is 1. The quantitative estimate of drug-likeness (QED) is 0.643. The van der Waals surface area contributed by atoms with Crippen LogP contribution in [0.1, 0.15) is 17.8 Å². The second-order valence-corrected chi connectivity index (χ2v) is 5.88. The average molecular weight is 317 g/mol. The lowest BCUT2D eigenvalue weighted by Gasteiger charge is -2.45. The van der Waals surface area contributed by atoms with Gasteiger partial charge in [-0.05, 0) is 35.7 Å². The third-order valence-corrected chi connectivity index (χ3v) is 4.47. The minimum absolute atomic E-state index is 0.209. The van der Waals surface area contributed by atoms with Gasteiger partial charge in [-0.3, -0.25) is 14.5 Å². The molecule has 0 radical (unpaired) electrons. The summed E-state index contributed by atoms with van der Waals surface area (Å²) in [6.45, 7) is 1.31. The number of anilines is 1. The van der Waals surface area contributed by atoms with Gasteiger partial charge in [-0.2, -0.15) is 0 Å². The van der Waals surface area contributed by atoms with Gasteiger partial charge in [0.25, 0.3) is 5.91 Å². The van der Waals surface area contributed by atoms with Crippen LogP contribution in [0.2, 0.25) is 0 Å². The molecule has 0 unspecified atom stereocenters. The number of esters is 1. The molecule has 0 spiro atoms. The highest BCUT2D eigenvalue weighted by molar-refractivity contribution is 7.10. The van der Waals surface area contributed by atoms with Crippen molar-refractivity contribution in [1.29, 1.82) is 0 Å². The van der Waals surface area contributed by atoms with Crippen LogP contribution in [0.3, 0.4) is 0 Å². The van der Waals surface area contributed by atoms with Gasteiger partial charge in [0, 0.05) is 17.5 Å². The lowest BCUT2D eigenvalue weighted by molar-refractivity contribution is -0.160. The minimum Gasteiger partial charge on any atom is -0.497 e. The van der Waals surface area contributed by atoms with Crippen LogP contribution in [0, 0.1) is 0 Å². The van der Waals surface area contributed by atoms with Gasteiger partial charge in [0.05, 0.1) is 7.11 Å². The fraction of sp³-hybridized carbons (Fsp3) is 0.250. The number of hydrogen-bond acceptors (Lipinski definition) is 5. The molecule has 2 heterocycles. The fourth-order valence-electron chi connectivity index (χ4n) is 2.52. The van der Waals surface area contributed by atoms with Crippen molar-refractivity contribution in [2.24, 2.45) is 0 Å². The maximum Gasteiger partial charge on any atom is 0.303 e. The zero-order chi connectivity index (χ0) is 15.7. The molecular formula is C16H15NO4S. The topological polar surface area (TPSA) is 55.8 Å². The minimum atomic E-state index is -0.752.